The zero-order valence-corrected chi connectivity index (χ0v) is 6.89. The van der Waals surface area contributed by atoms with E-state index in [0.29, 0.717) is 6.42 Å². The second-order valence-corrected chi connectivity index (χ2v) is 3.54. The van der Waals surface area contributed by atoms with Crippen molar-refractivity contribution in [2.45, 2.75) is 19.3 Å². The van der Waals surface area contributed by atoms with E-state index in [9.17, 15) is 13.6 Å². The van der Waals surface area contributed by atoms with Crippen LogP contribution < -0.4 is 0 Å². The van der Waals surface area contributed by atoms with Gasteiger partial charge < -0.3 is 4.90 Å². The predicted octanol–water partition coefficient (Wildman–Crippen LogP) is 1.12. The van der Waals surface area contributed by atoms with Crippen molar-refractivity contribution in [1.82, 2.24) is 4.90 Å². The van der Waals surface area contributed by atoms with Crippen LogP contribution in [-0.4, -0.2) is 29.8 Å². The maximum absolute atomic E-state index is 12.6. The minimum absolute atomic E-state index is 0.00185. The molecule has 0 aromatic rings. The van der Waals surface area contributed by atoms with Crippen molar-refractivity contribution >= 4 is 5.91 Å². The average Bonchev–Trinajstić information content (AvgIpc) is 2.52. The van der Waals surface area contributed by atoms with E-state index in [1.807, 2.05) is 0 Å². The Morgan fingerprint density at radius 2 is 2.00 bits per heavy atom. The van der Waals surface area contributed by atoms with Crippen molar-refractivity contribution < 1.29 is 13.6 Å². The second-order valence-electron chi connectivity index (χ2n) is 3.54. The Kier molecular flexibility index (Phi) is 1.44. The van der Waals surface area contributed by atoms with Crippen molar-refractivity contribution in [2.75, 3.05) is 13.1 Å². The average molecular weight is 175 g/mol. The molecule has 2 fully saturated rings. The first-order valence-corrected chi connectivity index (χ1v) is 4.23. The monoisotopic (exact) mass is 175 g/mol. The highest BCUT2D eigenvalue weighted by molar-refractivity contribution is 5.76. The molecule has 1 saturated heterocycles. The Morgan fingerprint density at radius 1 is 1.50 bits per heavy atom. The minimum Gasteiger partial charge on any atom is -0.342 e. The van der Waals surface area contributed by atoms with Crippen LogP contribution in [0.2, 0.25) is 0 Å². The van der Waals surface area contributed by atoms with Crippen LogP contribution in [0.1, 0.15) is 13.3 Å². The van der Waals surface area contributed by atoms with Crippen molar-refractivity contribution in [3.63, 3.8) is 0 Å². The molecule has 12 heavy (non-hydrogen) atoms. The van der Waals surface area contributed by atoms with Crippen LogP contribution in [0.5, 0.6) is 0 Å². The first-order valence-electron chi connectivity index (χ1n) is 4.23. The molecule has 0 N–H and O–H groups in total. The van der Waals surface area contributed by atoms with Gasteiger partial charge in [0.15, 0.2) is 0 Å². The lowest BCUT2D eigenvalue weighted by atomic mass is 10.3. The van der Waals surface area contributed by atoms with Gasteiger partial charge in [-0.1, -0.05) is 6.92 Å². The Balaban J connectivity index is 1.94. The number of piperidine rings is 1. The number of likely N-dealkylation sites (tertiary alicyclic amines) is 1. The predicted molar refractivity (Wildman–Crippen MR) is 38.8 cm³/mol. The fourth-order valence-corrected chi connectivity index (χ4v) is 1.94. The lowest BCUT2D eigenvalue weighted by Gasteiger charge is -2.18. The molecule has 4 heteroatoms. The Bertz CT molecular complexity index is 215. The molecule has 1 aliphatic carbocycles. The van der Waals surface area contributed by atoms with E-state index in [1.54, 1.807) is 11.8 Å². The van der Waals surface area contributed by atoms with E-state index in [4.69, 9.17) is 0 Å². The molecule has 2 unspecified atom stereocenters. The molecule has 2 atom stereocenters. The number of alkyl halides is 2. The van der Waals surface area contributed by atoms with Gasteiger partial charge in [-0.3, -0.25) is 4.79 Å². The Morgan fingerprint density at radius 3 is 2.42 bits per heavy atom. The fraction of sp³-hybridized carbons (Fsp3) is 0.875. The molecule has 68 valence electrons. The zero-order chi connectivity index (χ0) is 8.93. The van der Waals surface area contributed by atoms with E-state index < -0.39 is 17.8 Å². The number of rotatable bonds is 1. The fourth-order valence-electron chi connectivity index (χ4n) is 1.94. The van der Waals surface area contributed by atoms with Gasteiger partial charge in [-0.15, -0.1) is 0 Å². The topological polar surface area (TPSA) is 20.3 Å². The lowest BCUT2D eigenvalue weighted by molar-refractivity contribution is -0.131. The summed E-state index contributed by atoms with van der Waals surface area (Å²) in [5.74, 6) is -3.54. The molecule has 1 heterocycles. The lowest BCUT2D eigenvalue weighted by Crippen LogP contribution is -2.32. The van der Waals surface area contributed by atoms with Gasteiger partial charge in [-0.2, -0.15) is 0 Å². The highest BCUT2D eigenvalue weighted by Gasteiger charge is 2.72. The smallest absolute Gasteiger partial charge is 0.258 e. The van der Waals surface area contributed by atoms with Crippen LogP contribution in [0.3, 0.4) is 0 Å². The molecule has 2 nitrogen and oxygen atoms in total. The molecule has 0 aromatic heterocycles. The van der Waals surface area contributed by atoms with Gasteiger partial charge in [0.1, 0.15) is 0 Å². The highest BCUT2D eigenvalue weighted by Crippen LogP contribution is 2.59. The molecule has 0 radical (unpaired) electrons. The standard InChI is InChI=1S/C8H11F2NO/c1-2-7(12)11-3-5-6(4-11)8(5,9)10/h5-6H,2-4H2,1H3. The molecule has 0 bridgehead atoms. The van der Waals surface area contributed by atoms with Gasteiger partial charge in [0, 0.05) is 19.5 Å². The minimum atomic E-state index is -2.47. The van der Waals surface area contributed by atoms with Crippen LogP contribution >= 0.6 is 0 Å². The number of carbonyl (C=O) groups is 1. The number of halogens is 2. The van der Waals surface area contributed by atoms with Crippen LogP contribution in [0.4, 0.5) is 8.78 Å². The van der Waals surface area contributed by atoms with E-state index >= 15 is 0 Å². The maximum Gasteiger partial charge on any atom is 0.258 e. The third kappa shape index (κ3) is 0.867. The van der Waals surface area contributed by atoms with Gasteiger partial charge in [0.05, 0.1) is 11.8 Å². The van der Waals surface area contributed by atoms with E-state index in [2.05, 4.69) is 0 Å². The first-order chi connectivity index (χ1) is 5.57. The van der Waals surface area contributed by atoms with Gasteiger partial charge in [-0.25, -0.2) is 8.78 Å². The summed E-state index contributed by atoms with van der Waals surface area (Å²) in [5.41, 5.74) is 0. The molecule has 1 aliphatic heterocycles. The third-order valence-corrected chi connectivity index (χ3v) is 2.85. The molecule has 2 rings (SSSR count). The van der Waals surface area contributed by atoms with Crippen LogP contribution in [0, 0.1) is 11.8 Å². The van der Waals surface area contributed by atoms with E-state index in [0.717, 1.165) is 0 Å². The molecule has 2 aliphatic rings. The quantitative estimate of drug-likeness (QED) is 0.584. The summed E-state index contributed by atoms with van der Waals surface area (Å²) >= 11 is 0. The van der Waals surface area contributed by atoms with Crippen LogP contribution in [-0.2, 0) is 4.79 Å². The number of carbonyl (C=O) groups excluding carboxylic acids is 1. The van der Waals surface area contributed by atoms with E-state index in [-0.39, 0.29) is 19.0 Å². The molecule has 1 saturated carbocycles. The summed E-state index contributed by atoms with van der Waals surface area (Å²) in [7, 11) is 0. The summed E-state index contributed by atoms with van der Waals surface area (Å²) in [4.78, 5) is 12.6. The summed E-state index contributed by atoms with van der Waals surface area (Å²) in [6, 6.07) is 0. The van der Waals surface area contributed by atoms with Crippen LogP contribution in [0.25, 0.3) is 0 Å². The SMILES string of the molecule is CCC(=O)N1CC2C(C1)C2(F)F. The summed E-state index contributed by atoms with van der Waals surface area (Å²) < 4.78 is 25.3. The molecule has 1 amide bonds. The van der Waals surface area contributed by atoms with Gasteiger partial charge in [-0.05, 0) is 0 Å². The largest absolute Gasteiger partial charge is 0.342 e. The number of hydrogen-bond donors (Lipinski definition) is 0. The highest BCUT2D eigenvalue weighted by atomic mass is 19.3. The third-order valence-electron chi connectivity index (χ3n) is 2.85. The van der Waals surface area contributed by atoms with Crippen molar-refractivity contribution in [3.05, 3.63) is 0 Å². The molecule has 0 aromatic carbocycles. The normalized spacial score (nSPS) is 36.4. The molecular formula is C8H11F2NO. The van der Waals surface area contributed by atoms with Crippen molar-refractivity contribution in [2.24, 2.45) is 11.8 Å². The summed E-state index contributed by atoms with van der Waals surface area (Å²) in [6.45, 7) is 2.29. The number of nitrogens with zero attached hydrogens (tertiary/aromatic N) is 1. The number of amides is 1. The van der Waals surface area contributed by atoms with Crippen molar-refractivity contribution in [1.29, 1.82) is 0 Å². The number of hydrogen-bond acceptors (Lipinski definition) is 1. The first kappa shape index (κ1) is 7.95. The van der Waals surface area contributed by atoms with Crippen LogP contribution in [0.15, 0.2) is 0 Å². The molecule has 0 spiro atoms. The molecular weight excluding hydrogens is 164 g/mol. The Hall–Kier alpha value is -0.670. The number of fused-ring (bicyclic) bond motifs is 1. The summed E-state index contributed by atoms with van der Waals surface area (Å²) in [6.07, 6.45) is 0.422. The zero-order valence-electron chi connectivity index (χ0n) is 6.89. The van der Waals surface area contributed by atoms with Gasteiger partial charge >= 0.3 is 0 Å². The Labute approximate surface area is 69.5 Å². The second kappa shape index (κ2) is 2.18. The van der Waals surface area contributed by atoms with Gasteiger partial charge in [0.25, 0.3) is 5.92 Å². The van der Waals surface area contributed by atoms with Gasteiger partial charge in [0.2, 0.25) is 5.91 Å². The maximum atomic E-state index is 12.6. The van der Waals surface area contributed by atoms with E-state index in [1.165, 1.54) is 0 Å². The summed E-state index contributed by atoms with van der Waals surface area (Å²) in [5, 5.41) is 0. The van der Waals surface area contributed by atoms with Crippen molar-refractivity contribution in [3.8, 4) is 0 Å².